The molecule has 3 aromatic carbocycles. The average Bonchev–Trinajstić information content (AvgIpc) is 3.34. The molecule has 6 atom stereocenters. The number of rotatable bonds is 22. The van der Waals surface area contributed by atoms with Gasteiger partial charge in [-0.3, -0.25) is 4.79 Å². The fourth-order valence-corrected chi connectivity index (χ4v) is 14.5. The number of carbonyl (C=O) groups is 1. The molecule has 3 aromatic rings. The van der Waals surface area contributed by atoms with E-state index in [-0.39, 0.29) is 28.2 Å². The standard InChI is InChI=1S/C50H74N2O7S2/c1-6-9-30-49(5)35-60(56,57)43-29-27-40(34-41(43)37(4)47(49)54)52-45(53)25-21-16-14-12-11-13-15-17-22-32-51-39-26-28-44-42(33-39)46(38-23-19-18-20-24-38)48(55)50(8-3,31-10-7-2)36-61(44,58)59/h18-20,23-24,26-29,33-34,37,46-48,51,54-55H,6-17,21-22,25,30-32,35-36H2,1-5H3,(H,52,53)/t37-,46-,47-,48-,49-,50-/m1/s1. The molecule has 0 saturated heterocycles. The number of nitrogens with one attached hydrogen (secondary N) is 2. The maximum absolute atomic E-state index is 14.0. The van der Waals surface area contributed by atoms with Crippen LogP contribution in [-0.4, -0.2) is 63.2 Å². The first-order valence-corrected chi connectivity index (χ1v) is 26.6. The van der Waals surface area contributed by atoms with Crippen molar-refractivity contribution in [1.29, 1.82) is 0 Å². The van der Waals surface area contributed by atoms with Crippen molar-refractivity contribution in [2.24, 2.45) is 10.8 Å². The van der Waals surface area contributed by atoms with Gasteiger partial charge in [0.25, 0.3) is 0 Å². The molecule has 0 aromatic heterocycles. The molecule has 1 amide bonds. The van der Waals surface area contributed by atoms with Gasteiger partial charge in [-0.2, -0.15) is 0 Å². The Kier molecular flexibility index (Phi) is 17.5. The molecule has 2 aliphatic rings. The maximum atomic E-state index is 14.0. The van der Waals surface area contributed by atoms with Gasteiger partial charge in [-0.05, 0) is 85.2 Å². The van der Waals surface area contributed by atoms with Gasteiger partial charge in [0.05, 0.1) is 33.5 Å². The van der Waals surface area contributed by atoms with Gasteiger partial charge in [-0.15, -0.1) is 0 Å². The van der Waals surface area contributed by atoms with Crippen LogP contribution in [0.2, 0.25) is 0 Å². The summed E-state index contributed by atoms with van der Waals surface area (Å²) in [6.45, 7) is 10.7. The Morgan fingerprint density at radius 2 is 1.23 bits per heavy atom. The van der Waals surface area contributed by atoms with Crippen molar-refractivity contribution in [2.45, 2.75) is 178 Å². The Bertz CT molecular complexity index is 2110. The molecule has 0 spiro atoms. The van der Waals surface area contributed by atoms with E-state index in [1.807, 2.05) is 63.2 Å². The molecule has 338 valence electrons. The topological polar surface area (TPSA) is 150 Å². The van der Waals surface area contributed by atoms with E-state index in [9.17, 15) is 31.8 Å². The highest BCUT2D eigenvalue weighted by atomic mass is 32.2. The third kappa shape index (κ3) is 12.1. The largest absolute Gasteiger partial charge is 0.392 e. The number of carbonyl (C=O) groups excluding carboxylic acids is 1. The maximum Gasteiger partial charge on any atom is 0.224 e. The monoisotopic (exact) mass is 878 g/mol. The Morgan fingerprint density at radius 3 is 1.87 bits per heavy atom. The summed E-state index contributed by atoms with van der Waals surface area (Å²) in [4.78, 5) is 13.4. The summed E-state index contributed by atoms with van der Waals surface area (Å²) < 4.78 is 54.7. The summed E-state index contributed by atoms with van der Waals surface area (Å²) in [6, 6.07) is 20.5. The number of fused-ring (bicyclic) bond motifs is 2. The van der Waals surface area contributed by atoms with Crippen molar-refractivity contribution in [3.63, 3.8) is 0 Å². The third-order valence-electron chi connectivity index (χ3n) is 13.8. The number of sulfone groups is 2. The third-order valence-corrected chi connectivity index (χ3v) is 17.9. The molecule has 0 saturated carbocycles. The molecular formula is C50H74N2O7S2. The van der Waals surface area contributed by atoms with Gasteiger partial charge >= 0.3 is 0 Å². The first kappa shape index (κ1) is 48.8. The second-order valence-electron chi connectivity index (χ2n) is 18.6. The molecule has 0 bridgehead atoms. The summed E-state index contributed by atoms with van der Waals surface area (Å²) in [6.07, 6.45) is 13.8. The highest BCUT2D eigenvalue weighted by molar-refractivity contribution is 7.91. The van der Waals surface area contributed by atoms with Crippen molar-refractivity contribution in [1.82, 2.24) is 0 Å². The highest BCUT2D eigenvalue weighted by Gasteiger charge is 2.49. The van der Waals surface area contributed by atoms with E-state index in [4.69, 9.17) is 0 Å². The van der Waals surface area contributed by atoms with Gasteiger partial charge in [0, 0.05) is 47.0 Å². The molecule has 5 rings (SSSR count). The molecule has 61 heavy (non-hydrogen) atoms. The first-order valence-electron chi connectivity index (χ1n) is 23.3. The minimum atomic E-state index is -3.62. The summed E-state index contributed by atoms with van der Waals surface area (Å²) in [5.74, 6) is -1.03. The van der Waals surface area contributed by atoms with Crippen molar-refractivity contribution < 1.29 is 31.8 Å². The van der Waals surface area contributed by atoms with Crippen LogP contribution < -0.4 is 10.6 Å². The van der Waals surface area contributed by atoms with E-state index in [1.54, 1.807) is 24.3 Å². The Balaban J connectivity index is 1.02. The Morgan fingerprint density at radius 1 is 0.672 bits per heavy atom. The van der Waals surface area contributed by atoms with Crippen LogP contribution in [0.4, 0.5) is 11.4 Å². The van der Waals surface area contributed by atoms with E-state index >= 15 is 0 Å². The number of hydrogen-bond donors (Lipinski definition) is 4. The van der Waals surface area contributed by atoms with E-state index in [1.165, 1.54) is 0 Å². The summed E-state index contributed by atoms with van der Waals surface area (Å²) >= 11 is 0. The first-order chi connectivity index (χ1) is 29.1. The van der Waals surface area contributed by atoms with E-state index in [2.05, 4.69) is 24.5 Å². The van der Waals surface area contributed by atoms with E-state index in [0.29, 0.717) is 47.4 Å². The number of aliphatic hydroxyl groups excluding tert-OH is 2. The lowest BCUT2D eigenvalue weighted by atomic mass is 9.69. The van der Waals surface area contributed by atoms with Gasteiger partial charge in [0.2, 0.25) is 5.91 Å². The van der Waals surface area contributed by atoms with Gasteiger partial charge in [-0.25, -0.2) is 16.8 Å². The second-order valence-corrected chi connectivity index (χ2v) is 22.5. The molecule has 0 unspecified atom stereocenters. The molecule has 2 aliphatic heterocycles. The normalized spacial score (nSPS) is 25.4. The van der Waals surface area contributed by atoms with Gasteiger partial charge < -0.3 is 20.8 Å². The van der Waals surface area contributed by atoms with Crippen LogP contribution in [0.3, 0.4) is 0 Å². The van der Waals surface area contributed by atoms with Crippen LogP contribution in [0.25, 0.3) is 0 Å². The fourth-order valence-electron chi connectivity index (χ4n) is 10.0. The van der Waals surface area contributed by atoms with Crippen LogP contribution in [0, 0.1) is 10.8 Å². The summed E-state index contributed by atoms with van der Waals surface area (Å²) in [5.41, 5.74) is 2.19. The number of benzene rings is 3. The van der Waals surface area contributed by atoms with E-state index < -0.39 is 48.6 Å². The lowest BCUT2D eigenvalue weighted by Crippen LogP contribution is -2.42. The SMILES string of the molecule is CCCC[C@]1(C)CS(=O)(=O)c2ccc(NC(=O)CCCCCCCCCCCNc3ccc4c(c3)[C@@H](c3ccccc3)[C@@H](O)[C@](CC)(CCCC)CS4(=O)=O)cc2[C@@H](C)[C@H]1O. The lowest BCUT2D eigenvalue weighted by Gasteiger charge is -2.39. The Hall–Kier alpha value is -3.25. The smallest absolute Gasteiger partial charge is 0.224 e. The van der Waals surface area contributed by atoms with Crippen molar-refractivity contribution >= 4 is 37.0 Å². The number of anilines is 2. The Labute approximate surface area is 367 Å². The molecule has 11 heteroatoms. The van der Waals surface area contributed by atoms with Gasteiger partial charge in [0.15, 0.2) is 19.7 Å². The van der Waals surface area contributed by atoms with Crippen LogP contribution in [-0.2, 0) is 24.5 Å². The molecule has 4 N–H and O–H groups in total. The van der Waals surface area contributed by atoms with Crippen molar-refractivity contribution in [2.75, 3.05) is 28.7 Å². The van der Waals surface area contributed by atoms with Crippen molar-refractivity contribution in [3.8, 4) is 0 Å². The number of amides is 1. The molecule has 0 fully saturated rings. The molecule has 0 aliphatic carbocycles. The zero-order chi connectivity index (χ0) is 44.3. The predicted octanol–water partition coefficient (Wildman–Crippen LogP) is 11.0. The minimum absolute atomic E-state index is 0.0430. The zero-order valence-corrected chi connectivity index (χ0v) is 39.2. The van der Waals surface area contributed by atoms with E-state index in [0.717, 1.165) is 101 Å². The number of unbranched alkanes of at least 4 members (excludes halogenated alkanes) is 10. The van der Waals surface area contributed by atoms with Crippen LogP contribution >= 0.6 is 0 Å². The summed E-state index contributed by atoms with van der Waals surface area (Å²) in [5, 5.41) is 29.9. The number of hydrogen-bond acceptors (Lipinski definition) is 8. The highest BCUT2D eigenvalue weighted by Crippen LogP contribution is 2.49. The minimum Gasteiger partial charge on any atom is -0.392 e. The van der Waals surface area contributed by atoms with Gasteiger partial charge in [-0.1, -0.05) is 136 Å². The molecule has 0 radical (unpaired) electrons. The molecular weight excluding hydrogens is 805 g/mol. The molecule has 2 heterocycles. The van der Waals surface area contributed by atoms with Crippen LogP contribution in [0.15, 0.2) is 76.5 Å². The van der Waals surface area contributed by atoms with Crippen LogP contribution in [0.5, 0.6) is 0 Å². The lowest BCUT2D eigenvalue weighted by molar-refractivity contribution is -0.116. The second kappa shape index (κ2) is 21.9. The molecule has 9 nitrogen and oxygen atoms in total. The predicted molar refractivity (Wildman–Crippen MR) is 249 cm³/mol. The summed E-state index contributed by atoms with van der Waals surface area (Å²) in [7, 11) is -7.21. The van der Waals surface area contributed by atoms with Crippen LogP contribution in [0.1, 0.15) is 172 Å². The average molecular weight is 879 g/mol. The number of aliphatic hydroxyl groups is 2. The quantitative estimate of drug-likeness (QED) is 0.0729. The zero-order valence-electron chi connectivity index (χ0n) is 37.6. The van der Waals surface area contributed by atoms with Gasteiger partial charge in [0.1, 0.15) is 0 Å². The van der Waals surface area contributed by atoms with Crippen molar-refractivity contribution in [3.05, 3.63) is 83.4 Å². The fraction of sp³-hybridized carbons (Fsp3) is 0.620.